The first-order chi connectivity index (χ1) is 15.0. The first-order valence-corrected chi connectivity index (χ1v) is 10.9. The van der Waals surface area contributed by atoms with Crippen LogP contribution in [0.3, 0.4) is 0 Å². The van der Waals surface area contributed by atoms with Crippen molar-refractivity contribution in [2.75, 3.05) is 33.8 Å². The third-order valence-electron chi connectivity index (χ3n) is 5.83. The number of nitrogens with one attached hydrogen (secondary N) is 1. The number of pyridine rings is 2. The molecule has 5 nitrogen and oxygen atoms in total. The molecule has 6 heteroatoms. The number of benzene rings is 1. The molecule has 0 saturated heterocycles. The monoisotopic (exact) mass is 424 g/mol. The van der Waals surface area contributed by atoms with Crippen molar-refractivity contribution in [1.82, 2.24) is 20.2 Å². The van der Waals surface area contributed by atoms with Crippen LogP contribution in [0, 0.1) is 17.7 Å². The number of halogens is 1. The van der Waals surface area contributed by atoms with Gasteiger partial charge in [0, 0.05) is 24.7 Å². The first kappa shape index (κ1) is 23.1. The fraction of sp³-hybridized carbons (Fsp3) is 0.440. The molecule has 0 bridgehead atoms. The maximum Gasteiger partial charge on any atom is 0.213 e. The van der Waals surface area contributed by atoms with Gasteiger partial charge in [-0.2, -0.15) is 0 Å². The number of hydrogen-bond donors (Lipinski definition) is 1. The van der Waals surface area contributed by atoms with Crippen molar-refractivity contribution in [2.45, 2.75) is 26.8 Å². The average Bonchev–Trinajstić information content (AvgIpc) is 2.77. The number of aromatic nitrogens is 2. The van der Waals surface area contributed by atoms with Gasteiger partial charge in [0.15, 0.2) is 0 Å². The first-order valence-electron chi connectivity index (χ1n) is 10.9. The zero-order valence-electron chi connectivity index (χ0n) is 18.9. The van der Waals surface area contributed by atoms with Gasteiger partial charge in [-0.1, -0.05) is 44.2 Å². The van der Waals surface area contributed by atoms with Crippen LogP contribution < -0.4 is 10.1 Å². The number of methoxy groups -OCH3 is 1. The SMILES string of the molecule is COc1ccc2ncc(F)c(CCNCC(C)C(C)CN(C)Cc3ccccc3)c2n1. The summed E-state index contributed by atoms with van der Waals surface area (Å²) in [6, 6.07) is 14.1. The summed E-state index contributed by atoms with van der Waals surface area (Å²) in [5.41, 5.74) is 3.17. The smallest absolute Gasteiger partial charge is 0.213 e. The molecular formula is C25H33FN4O. The van der Waals surface area contributed by atoms with E-state index in [1.54, 1.807) is 13.2 Å². The minimum atomic E-state index is -0.320. The van der Waals surface area contributed by atoms with Crippen LogP contribution in [0.4, 0.5) is 4.39 Å². The minimum absolute atomic E-state index is 0.320. The van der Waals surface area contributed by atoms with Gasteiger partial charge in [-0.15, -0.1) is 0 Å². The van der Waals surface area contributed by atoms with Crippen molar-refractivity contribution in [3.63, 3.8) is 0 Å². The second-order valence-electron chi connectivity index (χ2n) is 8.40. The molecule has 3 aromatic rings. The third-order valence-corrected chi connectivity index (χ3v) is 5.83. The summed E-state index contributed by atoms with van der Waals surface area (Å²) in [5, 5.41) is 3.49. The van der Waals surface area contributed by atoms with Gasteiger partial charge in [0.05, 0.1) is 24.3 Å². The maximum atomic E-state index is 14.4. The Balaban J connectivity index is 1.48. The summed E-state index contributed by atoms with van der Waals surface area (Å²) in [4.78, 5) is 10.9. The molecule has 0 spiro atoms. The van der Waals surface area contributed by atoms with Crippen molar-refractivity contribution in [3.05, 3.63) is 65.6 Å². The van der Waals surface area contributed by atoms with E-state index in [0.29, 0.717) is 47.3 Å². The van der Waals surface area contributed by atoms with Crippen LogP contribution in [0.15, 0.2) is 48.7 Å². The molecular weight excluding hydrogens is 391 g/mol. The summed E-state index contributed by atoms with van der Waals surface area (Å²) >= 11 is 0. The molecule has 31 heavy (non-hydrogen) atoms. The van der Waals surface area contributed by atoms with Gasteiger partial charge >= 0.3 is 0 Å². The zero-order chi connectivity index (χ0) is 22.2. The van der Waals surface area contributed by atoms with Crippen molar-refractivity contribution in [2.24, 2.45) is 11.8 Å². The Hall–Kier alpha value is -2.57. The molecule has 166 valence electrons. The largest absolute Gasteiger partial charge is 0.481 e. The molecule has 2 heterocycles. The van der Waals surface area contributed by atoms with Crippen LogP contribution in [-0.4, -0.2) is 48.7 Å². The van der Waals surface area contributed by atoms with Crippen LogP contribution >= 0.6 is 0 Å². The lowest BCUT2D eigenvalue weighted by Gasteiger charge is -2.26. The number of ether oxygens (including phenoxy) is 1. The quantitative estimate of drug-likeness (QED) is 0.465. The topological polar surface area (TPSA) is 50.3 Å². The fourth-order valence-corrected chi connectivity index (χ4v) is 3.80. The molecule has 0 aliphatic heterocycles. The Morgan fingerprint density at radius 1 is 1.10 bits per heavy atom. The summed E-state index contributed by atoms with van der Waals surface area (Å²) in [6.45, 7) is 8.12. The van der Waals surface area contributed by atoms with Gasteiger partial charge in [-0.25, -0.2) is 9.37 Å². The van der Waals surface area contributed by atoms with Gasteiger partial charge in [-0.05, 0) is 50.0 Å². The van der Waals surface area contributed by atoms with Gasteiger partial charge < -0.3 is 15.0 Å². The molecule has 2 aromatic heterocycles. The highest BCUT2D eigenvalue weighted by molar-refractivity contribution is 5.78. The molecule has 0 saturated carbocycles. The third kappa shape index (κ3) is 6.45. The molecule has 0 fully saturated rings. The molecule has 1 aromatic carbocycles. The molecule has 2 atom stereocenters. The van der Waals surface area contributed by atoms with E-state index in [4.69, 9.17) is 4.74 Å². The summed E-state index contributed by atoms with van der Waals surface area (Å²) in [6.07, 6.45) is 1.83. The Kier molecular flexibility index (Phi) is 8.32. The van der Waals surface area contributed by atoms with Crippen molar-refractivity contribution >= 4 is 11.0 Å². The Morgan fingerprint density at radius 3 is 2.61 bits per heavy atom. The molecule has 2 unspecified atom stereocenters. The summed E-state index contributed by atoms with van der Waals surface area (Å²) < 4.78 is 19.6. The van der Waals surface area contributed by atoms with E-state index in [1.807, 2.05) is 12.1 Å². The van der Waals surface area contributed by atoms with Gasteiger partial charge in [-0.3, -0.25) is 4.98 Å². The van der Waals surface area contributed by atoms with Crippen LogP contribution in [0.1, 0.15) is 25.0 Å². The van der Waals surface area contributed by atoms with Crippen LogP contribution in [0.25, 0.3) is 11.0 Å². The molecule has 1 N–H and O–H groups in total. The van der Waals surface area contributed by atoms with E-state index in [1.165, 1.54) is 11.8 Å². The second kappa shape index (κ2) is 11.2. The van der Waals surface area contributed by atoms with Crippen LogP contribution in [0.5, 0.6) is 5.88 Å². The molecule has 0 amide bonds. The average molecular weight is 425 g/mol. The van der Waals surface area contributed by atoms with Crippen LogP contribution in [0.2, 0.25) is 0 Å². The number of nitrogens with zero attached hydrogens (tertiary/aromatic N) is 3. The zero-order valence-corrected chi connectivity index (χ0v) is 18.9. The Labute approximate surface area is 184 Å². The van der Waals surface area contributed by atoms with Crippen molar-refractivity contribution < 1.29 is 9.13 Å². The highest BCUT2D eigenvalue weighted by Gasteiger charge is 2.15. The standard InChI is InChI=1S/C25H33FN4O/c1-18(19(2)16-30(3)17-20-8-6-5-7-9-20)14-27-13-12-21-22(26)15-28-23-10-11-24(31-4)29-25(21)23/h5-11,15,18-19,27H,12-14,16-17H2,1-4H3. The van der Waals surface area contributed by atoms with E-state index in [2.05, 4.69) is 65.3 Å². The van der Waals surface area contributed by atoms with Crippen LogP contribution in [-0.2, 0) is 13.0 Å². The highest BCUT2D eigenvalue weighted by atomic mass is 19.1. The lowest BCUT2D eigenvalue weighted by molar-refractivity contribution is 0.232. The predicted molar refractivity (Wildman–Crippen MR) is 124 cm³/mol. The lowest BCUT2D eigenvalue weighted by atomic mass is 9.95. The predicted octanol–water partition coefficient (Wildman–Crippen LogP) is 4.31. The number of fused-ring (bicyclic) bond motifs is 1. The summed E-state index contributed by atoms with van der Waals surface area (Å²) in [7, 11) is 3.73. The molecule has 3 rings (SSSR count). The number of rotatable bonds is 11. The van der Waals surface area contributed by atoms with Gasteiger partial charge in [0.2, 0.25) is 5.88 Å². The van der Waals surface area contributed by atoms with E-state index < -0.39 is 0 Å². The fourth-order valence-electron chi connectivity index (χ4n) is 3.80. The minimum Gasteiger partial charge on any atom is -0.481 e. The van der Waals surface area contributed by atoms with Gasteiger partial charge in [0.25, 0.3) is 0 Å². The van der Waals surface area contributed by atoms with Crippen molar-refractivity contribution in [1.29, 1.82) is 0 Å². The Morgan fingerprint density at radius 2 is 1.87 bits per heavy atom. The molecule has 0 radical (unpaired) electrons. The second-order valence-corrected chi connectivity index (χ2v) is 8.40. The van der Waals surface area contributed by atoms with E-state index in [-0.39, 0.29) is 5.82 Å². The summed E-state index contributed by atoms with van der Waals surface area (Å²) in [5.74, 6) is 1.20. The van der Waals surface area contributed by atoms with Crippen molar-refractivity contribution in [3.8, 4) is 5.88 Å². The maximum absolute atomic E-state index is 14.4. The molecule has 0 aliphatic rings. The van der Waals surface area contributed by atoms with E-state index in [0.717, 1.165) is 19.6 Å². The Bertz CT molecular complexity index is 966. The van der Waals surface area contributed by atoms with E-state index in [9.17, 15) is 4.39 Å². The molecule has 0 aliphatic carbocycles. The number of hydrogen-bond acceptors (Lipinski definition) is 5. The highest BCUT2D eigenvalue weighted by Crippen LogP contribution is 2.21. The van der Waals surface area contributed by atoms with E-state index >= 15 is 0 Å². The normalized spacial score (nSPS) is 13.5. The lowest BCUT2D eigenvalue weighted by Crippen LogP contribution is -2.33. The van der Waals surface area contributed by atoms with Gasteiger partial charge in [0.1, 0.15) is 5.82 Å².